The molecule has 0 aromatic heterocycles. The number of benzene rings is 2. The Morgan fingerprint density at radius 2 is 1.52 bits per heavy atom. The largest absolute Gasteiger partial charge is 0.280 e. The van der Waals surface area contributed by atoms with E-state index in [2.05, 4.69) is 4.72 Å². The molecule has 156 valence electrons. The number of nitrogens with one attached hydrogen (secondary N) is 1. The first kappa shape index (κ1) is 20.7. The lowest BCUT2D eigenvalue weighted by atomic mass is 9.92. The molecule has 0 spiro atoms. The van der Waals surface area contributed by atoms with Crippen molar-refractivity contribution in [2.24, 2.45) is 0 Å². The number of hydrogen-bond acceptors (Lipinski definition) is 4. The summed E-state index contributed by atoms with van der Waals surface area (Å²) < 4.78 is 55.4. The summed E-state index contributed by atoms with van der Waals surface area (Å²) in [6.07, 6.45) is 5.63. The van der Waals surface area contributed by atoms with Crippen LogP contribution >= 0.6 is 11.6 Å². The molecule has 2 aromatic rings. The van der Waals surface area contributed by atoms with Crippen molar-refractivity contribution in [1.82, 2.24) is 4.31 Å². The Bertz CT molecular complexity index is 1140. The normalized spacial score (nSPS) is 17.8. The highest BCUT2D eigenvalue weighted by Gasteiger charge is 2.29. The summed E-state index contributed by atoms with van der Waals surface area (Å²) in [4.78, 5) is 0.101. The number of aryl methyl sites for hydroxylation is 2. The van der Waals surface area contributed by atoms with E-state index < -0.39 is 20.0 Å². The van der Waals surface area contributed by atoms with Crippen molar-refractivity contribution in [3.8, 4) is 0 Å². The molecular formula is C20H23ClN2O4S2. The van der Waals surface area contributed by atoms with E-state index in [1.54, 1.807) is 12.1 Å². The molecule has 1 heterocycles. The van der Waals surface area contributed by atoms with E-state index in [1.807, 2.05) is 6.07 Å². The molecule has 0 saturated carbocycles. The molecule has 0 radical (unpaired) electrons. The molecule has 1 aliphatic carbocycles. The number of hydrogen-bond donors (Lipinski definition) is 1. The van der Waals surface area contributed by atoms with Crippen LogP contribution in [0.2, 0.25) is 5.02 Å². The van der Waals surface area contributed by atoms with E-state index in [0.717, 1.165) is 44.1 Å². The van der Waals surface area contributed by atoms with Gasteiger partial charge in [0.05, 0.1) is 15.6 Å². The maximum Gasteiger partial charge on any atom is 0.261 e. The molecule has 0 atom stereocenters. The van der Waals surface area contributed by atoms with Gasteiger partial charge in [-0.2, -0.15) is 4.31 Å². The highest BCUT2D eigenvalue weighted by Crippen LogP contribution is 2.31. The molecule has 0 bridgehead atoms. The van der Waals surface area contributed by atoms with Crippen LogP contribution in [0.3, 0.4) is 0 Å². The minimum absolute atomic E-state index is 0.0771. The third kappa shape index (κ3) is 4.17. The fraction of sp³-hybridized carbons (Fsp3) is 0.400. The standard InChI is InChI=1S/C20H23ClN2O4S2/c21-19-10-8-17(14-20(19)29(26,27)23-11-3-4-12-23)22-28(24,25)18-9-7-15-5-1-2-6-16(15)13-18/h7-10,13-14,22H,1-6,11-12H2. The van der Waals surface area contributed by atoms with Gasteiger partial charge in [0.1, 0.15) is 4.90 Å². The molecular weight excluding hydrogens is 432 g/mol. The molecule has 6 nitrogen and oxygen atoms in total. The van der Waals surface area contributed by atoms with Crippen LogP contribution in [0.4, 0.5) is 5.69 Å². The molecule has 1 fully saturated rings. The highest BCUT2D eigenvalue weighted by atomic mass is 35.5. The first-order valence-corrected chi connectivity index (χ1v) is 13.0. The van der Waals surface area contributed by atoms with E-state index in [4.69, 9.17) is 11.6 Å². The second-order valence-electron chi connectivity index (χ2n) is 7.50. The van der Waals surface area contributed by atoms with Gasteiger partial charge in [-0.3, -0.25) is 4.72 Å². The first-order chi connectivity index (χ1) is 13.8. The van der Waals surface area contributed by atoms with Gasteiger partial charge in [0.2, 0.25) is 10.0 Å². The summed E-state index contributed by atoms with van der Waals surface area (Å²) in [5.41, 5.74) is 2.43. The van der Waals surface area contributed by atoms with Crippen LogP contribution in [0.1, 0.15) is 36.8 Å². The summed E-state index contributed by atoms with van der Waals surface area (Å²) in [6.45, 7) is 0.896. The second-order valence-corrected chi connectivity index (χ2v) is 11.5. The van der Waals surface area contributed by atoms with Crippen molar-refractivity contribution >= 4 is 37.3 Å². The molecule has 9 heteroatoms. The van der Waals surface area contributed by atoms with Gasteiger partial charge < -0.3 is 0 Å². The van der Waals surface area contributed by atoms with Gasteiger partial charge in [-0.1, -0.05) is 17.7 Å². The predicted octanol–water partition coefficient (Wildman–Crippen LogP) is 3.80. The van der Waals surface area contributed by atoms with E-state index in [9.17, 15) is 16.8 Å². The lowest BCUT2D eigenvalue weighted by Gasteiger charge is -2.18. The van der Waals surface area contributed by atoms with E-state index in [-0.39, 0.29) is 20.5 Å². The Hall–Kier alpha value is -1.61. The maximum atomic E-state index is 12.9. The minimum atomic E-state index is -3.84. The van der Waals surface area contributed by atoms with Gasteiger partial charge in [0.25, 0.3) is 10.0 Å². The van der Waals surface area contributed by atoms with Crippen molar-refractivity contribution < 1.29 is 16.8 Å². The number of rotatable bonds is 5. The van der Waals surface area contributed by atoms with Crippen LogP contribution in [0.25, 0.3) is 0 Å². The van der Waals surface area contributed by atoms with Gasteiger partial charge >= 0.3 is 0 Å². The van der Waals surface area contributed by atoms with Crippen LogP contribution in [-0.4, -0.2) is 34.2 Å². The van der Waals surface area contributed by atoms with Crippen molar-refractivity contribution in [1.29, 1.82) is 0 Å². The quantitative estimate of drug-likeness (QED) is 0.744. The minimum Gasteiger partial charge on any atom is -0.280 e. The monoisotopic (exact) mass is 454 g/mol. The van der Waals surface area contributed by atoms with E-state index in [1.165, 1.54) is 28.1 Å². The number of anilines is 1. The predicted molar refractivity (Wildman–Crippen MR) is 113 cm³/mol. The Morgan fingerprint density at radius 3 is 2.24 bits per heavy atom. The second kappa shape index (κ2) is 7.91. The molecule has 0 amide bonds. The summed E-state index contributed by atoms with van der Waals surface area (Å²) in [5, 5.41) is 0.0774. The van der Waals surface area contributed by atoms with Gasteiger partial charge in [-0.15, -0.1) is 0 Å². The third-order valence-electron chi connectivity index (χ3n) is 5.50. The van der Waals surface area contributed by atoms with Crippen molar-refractivity contribution in [2.45, 2.75) is 48.3 Å². The average Bonchev–Trinajstić information content (AvgIpc) is 3.24. The SMILES string of the molecule is O=S(=O)(Nc1ccc(Cl)c(S(=O)(=O)N2CCCC2)c1)c1ccc2c(c1)CCCC2. The molecule has 4 rings (SSSR count). The Labute approximate surface area is 177 Å². The van der Waals surface area contributed by atoms with Gasteiger partial charge in [0, 0.05) is 13.1 Å². The Kier molecular flexibility index (Phi) is 5.63. The molecule has 1 N–H and O–H groups in total. The number of halogens is 1. The number of nitrogens with zero attached hydrogens (tertiary/aromatic N) is 1. The van der Waals surface area contributed by atoms with Gasteiger partial charge in [0.15, 0.2) is 0 Å². The smallest absolute Gasteiger partial charge is 0.261 e. The highest BCUT2D eigenvalue weighted by molar-refractivity contribution is 7.92. The zero-order valence-electron chi connectivity index (χ0n) is 15.9. The van der Waals surface area contributed by atoms with Gasteiger partial charge in [-0.25, -0.2) is 16.8 Å². The number of sulfonamides is 2. The fourth-order valence-corrected chi connectivity index (χ4v) is 7.04. The maximum absolute atomic E-state index is 12.9. The average molecular weight is 455 g/mol. The first-order valence-electron chi connectivity index (χ1n) is 9.72. The van der Waals surface area contributed by atoms with E-state index >= 15 is 0 Å². The summed E-state index contributed by atoms with van der Waals surface area (Å²) >= 11 is 6.14. The molecule has 2 aliphatic rings. The zero-order chi connectivity index (χ0) is 20.6. The third-order valence-corrected chi connectivity index (χ3v) is 9.26. The van der Waals surface area contributed by atoms with Crippen LogP contribution in [-0.2, 0) is 32.9 Å². The molecule has 1 saturated heterocycles. The Morgan fingerprint density at radius 1 is 0.828 bits per heavy atom. The summed E-state index contributed by atoms with van der Waals surface area (Å²) in [5.74, 6) is 0. The topological polar surface area (TPSA) is 83.5 Å². The molecule has 29 heavy (non-hydrogen) atoms. The van der Waals surface area contributed by atoms with Crippen LogP contribution in [0.5, 0.6) is 0 Å². The Balaban J connectivity index is 1.64. The van der Waals surface area contributed by atoms with Crippen LogP contribution < -0.4 is 4.72 Å². The summed E-state index contributed by atoms with van der Waals surface area (Å²) in [6, 6.07) is 9.37. The van der Waals surface area contributed by atoms with Crippen molar-refractivity contribution in [3.05, 3.63) is 52.5 Å². The molecule has 1 aliphatic heterocycles. The van der Waals surface area contributed by atoms with Gasteiger partial charge in [-0.05, 0) is 80.0 Å². The summed E-state index contributed by atoms with van der Waals surface area (Å²) in [7, 11) is -7.60. The molecule has 0 unspecified atom stereocenters. The zero-order valence-corrected chi connectivity index (χ0v) is 18.3. The van der Waals surface area contributed by atoms with Crippen LogP contribution in [0, 0.1) is 0 Å². The van der Waals surface area contributed by atoms with Crippen molar-refractivity contribution in [3.63, 3.8) is 0 Å². The molecule has 2 aromatic carbocycles. The fourth-order valence-electron chi connectivity index (χ4n) is 3.92. The van der Waals surface area contributed by atoms with E-state index in [0.29, 0.717) is 13.1 Å². The van der Waals surface area contributed by atoms with Crippen LogP contribution in [0.15, 0.2) is 46.2 Å². The lowest BCUT2D eigenvalue weighted by molar-refractivity contribution is 0.477. The van der Waals surface area contributed by atoms with Crippen molar-refractivity contribution in [2.75, 3.05) is 17.8 Å². The lowest BCUT2D eigenvalue weighted by Crippen LogP contribution is -2.28. The number of fused-ring (bicyclic) bond motifs is 1.